The molecule has 7 aromatic rings. The molecule has 130 heavy (non-hydrogen) atoms. The van der Waals surface area contributed by atoms with Crippen molar-refractivity contribution in [3.8, 4) is 17.2 Å². The Bertz CT molecular complexity index is 5120. The van der Waals surface area contributed by atoms with E-state index in [1.165, 1.54) is 107 Å². The van der Waals surface area contributed by atoms with Gasteiger partial charge in [-0.25, -0.2) is 0 Å². The van der Waals surface area contributed by atoms with Crippen molar-refractivity contribution in [1.29, 1.82) is 0 Å². The van der Waals surface area contributed by atoms with Crippen molar-refractivity contribution in [3.63, 3.8) is 0 Å². The van der Waals surface area contributed by atoms with E-state index in [4.69, 9.17) is 5.73 Å². The van der Waals surface area contributed by atoms with Gasteiger partial charge in [0.15, 0.2) is 0 Å². The average Bonchev–Trinajstić information content (AvgIpc) is 1.77. The van der Waals surface area contributed by atoms with Crippen LogP contribution in [0.25, 0.3) is 10.9 Å². The van der Waals surface area contributed by atoms with Crippen LogP contribution in [-0.4, -0.2) is 277 Å². The Balaban J connectivity index is 1.22. The number of primary amides is 1. The average molecular weight is 1810 g/mol. The van der Waals surface area contributed by atoms with Crippen LogP contribution in [0.15, 0.2) is 164 Å². The molecule has 0 aliphatic carbocycles. The van der Waals surface area contributed by atoms with Gasteiger partial charge in [-0.2, -0.15) is 0 Å². The molecule has 0 spiro atoms. The summed E-state index contributed by atoms with van der Waals surface area (Å²) < 4.78 is 0. The number of phenols is 3. The minimum Gasteiger partial charge on any atom is -0.508 e. The van der Waals surface area contributed by atoms with E-state index >= 15 is 33.6 Å². The van der Waals surface area contributed by atoms with Gasteiger partial charge in [0.05, 0.1) is 31.8 Å². The van der Waals surface area contributed by atoms with Crippen LogP contribution in [0.4, 0.5) is 0 Å². The number of rotatable bonds is 23. The molecule has 0 bridgehead atoms. The molecule has 6 aromatic carbocycles. The van der Waals surface area contributed by atoms with Gasteiger partial charge in [-0.1, -0.05) is 163 Å². The predicted octanol–water partition coefficient (Wildman–Crippen LogP) is 2.03. The maximum absolute atomic E-state index is 15.5. The number of nitrogens with two attached hydrogens (primary N) is 1. The third-order valence-electron chi connectivity index (χ3n) is 22.1. The van der Waals surface area contributed by atoms with Crippen LogP contribution in [0.3, 0.4) is 0 Å². The Morgan fingerprint density at radius 3 is 1.44 bits per heavy atom. The SMILES string of the molecule is CCCCC1C(=O)N(C)CC(=O)NC(CC(=O)O)C(=O)NC(C(C)C)C(=O)N(C)C(Cc2ccccc2)C(=O)NC(Cc2ccc(O)cc2)C(=O)N(C)CC(=O)NC(Cc2c[nH]c3ccc(O)cc23)C(=O)NC(Cc2ccc(O)cc2)C(=O)NC(CC(C)C)C(=O)NC(C(=O)NCC(N)=O)CSCC(=O)NC(Cc2ccccc2)C(=O)N(C)C(Cc2ccccc2)C(=O)N1C. The number of carbonyl (C=O) groups is 16. The zero-order chi connectivity index (χ0) is 95.2. The summed E-state index contributed by atoms with van der Waals surface area (Å²) in [5, 5.41) is 65.9. The van der Waals surface area contributed by atoms with Gasteiger partial charge in [0.1, 0.15) is 83.7 Å². The molecule has 0 saturated carbocycles. The van der Waals surface area contributed by atoms with Crippen molar-refractivity contribution < 1.29 is 97.1 Å². The molecule has 16 N–H and O–H groups in total. The number of aromatic amines is 1. The number of nitrogens with one attached hydrogen (secondary N) is 10. The number of phenolic OH excluding ortho intramolecular Hbond substituents is 3. The van der Waals surface area contributed by atoms with E-state index in [0.717, 1.165) is 31.4 Å². The normalized spacial score (nSPS) is 21.8. The number of thioether (sulfide) groups is 1. The number of likely N-dealkylation sites (N-methyl/N-ethyl adjacent to an activating group) is 5. The molecule has 2 heterocycles. The van der Waals surface area contributed by atoms with Gasteiger partial charge in [0.2, 0.25) is 88.6 Å². The molecule has 1 aliphatic rings. The fourth-order valence-corrected chi connectivity index (χ4v) is 15.8. The summed E-state index contributed by atoms with van der Waals surface area (Å²) in [6, 6.07) is 24.1. The van der Waals surface area contributed by atoms with Gasteiger partial charge in [-0.15, -0.1) is 11.8 Å². The minimum atomic E-state index is -1.92. The van der Waals surface area contributed by atoms with Crippen molar-refractivity contribution in [3.05, 3.63) is 197 Å². The van der Waals surface area contributed by atoms with Crippen molar-refractivity contribution in [1.82, 2.24) is 77.3 Å². The molecule has 0 radical (unpaired) electrons. The van der Waals surface area contributed by atoms with Gasteiger partial charge >= 0.3 is 5.97 Å². The van der Waals surface area contributed by atoms with Crippen molar-refractivity contribution in [2.45, 2.75) is 172 Å². The summed E-state index contributed by atoms with van der Waals surface area (Å²) in [6.45, 7) is 6.07. The second-order valence-corrected chi connectivity index (χ2v) is 34.3. The summed E-state index contributed by atoms with van der Waals surface area (Å²) >= 11 is 0.817. The van der Waals surface area contributed by atoms with Crippen LogP contribution in [0.1, 0.15) is 100 Å². The number of hydrogen-bond donors (Lipinski definition) is 15. The standard InChI is InChI=1S/C93H118N16O20S/c1-11-12-28-74-91(127)106(7)51-79(115)98-70(47-81(117)118)87(123)104-82(55(4)5)93(129)108(9)75(43-57-24-18-14-19-25-57)88(124)102-71(42-60-31-35-63(111)36-32-60)89(125)105(6)50-78(114)97-69(45-61-48-95-66-38-37-64(112)46-65(61)66)86(122)101-68(40-59-29-33-62(110)34-30-59)85(121)100-67(39-54(2)3)84(120)103-73(83(119)96-49-77(94)113)52-130-53-80(116)99-72(41-56-22-16-13-17-23-56)90(126)109(10)76(92(128)107(74)8)44-58-26-20-15-21-27-58/h13-27,29-38,46,48,54-55,67-76,82,95,110-112H,11-12,28,39-45,47,49-53H2,1-10H3,(H2,94,113)(H,96,119)(H,97,114)(H,98,115)(H,99,116)(H,100,121)(H,101,122)(H,102,124)(H,103,120)(H,104,123)(H,117,118). The first-order chi connectivity index (χ1) is 61.8. The summed E-state index contributed by atoms with van der Waals surface area (Å²) in [7, 11) is 6.48. The lowest BCUT2D eigenvalue weighted by atomic mass is 9.98. The van der Waals surface area contributed by atoms with Gasteiger partial charge in [-0.05, 0) is 101 Å². The topological polar surface area (TPSA) is 520 Å². The van der Waals surface area contributed by atoms with Crippen molar-refractivity contribution >= 4 is 117 Å². The van der Waals surface area contributed by atoms with Gasteiger partial charge in [0.25, 0.3) is 0 Å². The van der Waals surface area contributed by atoms with Crippen LogP contribution in [-0.2, 0) is 115 Å². The lowest BCUT2D eigenvalue weighted by molar-refractivity contribution is -0.151. The molecule has 8 rings (SSSR count). The predicted molar refractivity (Wildman–Crippen MR) is 484 cm³/mol. The van der Waals surface area contributed by atoms with Crippen LogP contribution >= 0.6 is 11.8 Å². The second kappa shape index (κ2) is 48.9. The third kappa shape index (κ3) is 30.4. The first kappa shape index (κ1) is 102. The number of benzene rings is 6. The Morgan fingerprint density at radius 2 is 0.908 bits per heavy atom. The molecule has 696 valence electrons. The fourth-order valence-electron chi connectivity index (χ4n) is 15.0. The highest BCUT2D eigenvalue weighted by atomic mass is 32.2. The number of H-pyrrole nitrogens is 1. The number of carbonyl (C=O) groups excluding carboxylic acids is 15. The van der Waals surface area contributed by atoms with E-state index in [1.807, 2.05) is 6.92 Å². The number of aliphatic carboxylic acids is 1. The summed E-state index contributed by atoms with van der Waals surface area (Å²) in [5.74, 6) is -18.0. The largest absolute Gasteiger partial charge is 0.508 e. The molecule has 36 nitrogen and oxygen atoms in total. The van der Waals surface area contributed by atoms with Gasteiger partial charge in [-0.3, -0.25) is 76.7 Å². The van der Waals surface area contributed by atoms with Crippen molar-refractivity contribution in [2.24, 2.45) is 17.6 Å². The number of aromatic hydroxyl groups is 3. The van der Waals surface area contributed by atoms with Crippen LogP contribution in [0.5, 0.6) is 17.2 Å². The molecule has 1 aliphatic heterocycles. The maximum atomic E-state index is 15.5. The number of aromatic nitrogens is 1. The molecule has 11 unspecified atom stereocenters. The molecular formula is C93H118N16O20S. The zero-order valence-electron chi connectivity index (χ0n) is 74.5. The van der Waals surface area contributed by atoms with Crippen LogP contribution in [0, 0.1) is 11.8 Å². The first-order valence-corrected chi connectivity index (χ1v) is 44.0. The van der Waals surface area contributed by atoms with Gasteiger partial charge in [0, 0.05) is 96.6 Å². The number of hydrogen-bond acceptors (Lipinski definition) is 20. The zero-order valence-corrected chi connectivity index (χ0v) is 75.3. The molecule has 37 heteroatoms. The maximum Gasteiger partial charge on any atom is 0.305 e. The summed E-state index contributed by atoms with van der Waals surface area (Å²) in [6.07, 6.45) is -0.243. The van der Waals surface area contributed by atoms with E-state index in [2.05, 4.69) is 52.8 Å². The smallest absolute Gasteiger partial charge is 0.305 e. The number of amides is 15. The van der Waals surface area contributed by atoms with E-state index in [-0.39, 0.29) is 74.5 Å². The van der Waals surface area contributed by atoms with E-state index in [0.29, 0.717) is 57.1 Å². The molecule has 1 aromatic heterocycles. The number of fused-ring (bicyclic) bond motifs is 1. The van der Waals surface area contributed by atoms with Gasteiger partial charge < -0.3 is 103 Å². The Morgan fingerprint density at radius 1 is 0.462 bits per heavy atom. The minimum absolute atomic E-state index is 0.0250. The monoisotopic (exact) mass is 1810 g/mol. The van der Waals surface area contributed by atoms with E-state index in [9.17, 15) is 63.6 Å². The highest BCUT2D eigenvalue weighted by molar-refractivity contribution is 8.00. The quantitative estimate of drug-likeness (QED) is 0.0436. The number of carboxylic acids is 1. The third-order valence-corrected chi connectivity index (χ3v) is 23.2. The molecular weight excluding hydrogens is 1690 g/mol. The molecule has 1 fully saturated rings. The molecule has 1 saturated heterocycles. The number of carboxylic acid groups (broad SMARTS) is 1. The van der Waals surface area contributed by atoms with Crippen LogP contribution in [0.2, 0.25) is 0 Å². The highest BCUT2D eigenvalue weighted by Gasteiger charge is 2.42. The number of nitrogens with zero attached hydrogens (tertiary/aromatic N) is 5. The van der Waals surface area contributed by atoms with Crippen molar-refractivity contribution in [2.75, 3.05) is 66.4 Å². The first-order valence-electron chi connectivity index (χ1n) is 42.8. The summed E-state index contributed by atoms with van der Waals surface area (Å²) in [5.41, 5.74) is 8.74. The fraction of sp³-hybridized carbons (Fsp3) is 0.419. The Hall–Kier alpha value is -13.9. The van der Waals surface area contributed by atoms with E-state index in [1.54, 1.807) is 125 Å². The summed E-state index contributed by atoms with van der Waals surface area (Å²) in [4.78, 5) is 243. The molecule has 15 amide bonds. The Kier molecular flexibility index (Phi) is 38.2. The molecule has 11 atom stereocenters. The number of unbranched alkanes of at least 4 members (excludes halogenated alkanes) is 1. The van der Waals surface area contributed by atoms with Crippen LogP contribution < -0.4 is 53.6 Å². The second-order valence-electron chi connectivity index (χ2n) is 33.2. The lowest BCUT2D eigenvalue weighted by Gasteiger charge is -2.37. The Labute approximate surface area is 758 Å². The van der Waals surface area contributed by atoms with E-state index < -0.39 is 205 Å². The lowest BCUT2D eigenvalue weighted by Crippen LogP contribution is -2.61. The highest BCUT2D eigenvalue weighted by Crippen LogP contribution is 2.27.